The minimum atomic E-state index is -1.13. The maximum absolute atomic E-state index is 10.6. The first-order chi connectivity index (χ1) is 8.00. The number of rotatable bonds is 0. The molecule has 0 bridgehead atoms. The van der Waals surface area contributed by atoms with Crippen molar-refractivity contribution in [3.8, 4) is 11.5 Å². The fourth-order valence-electron chi connectivity index (χ4n) is 1.30. The molecule has 0 saturated carbocycles. The third-order valence-electron chi connectivity index (χ3n) is 2.15. The van der Waals surface area contributed by atoms with E-state index < -0.39 is 6.09 Å². The highest BCUT2D eigenvalue weighted by molar-refractivity contribution is 5.92. The zero-order valence-electron chi connectivity index (χ0n) is 9.04. The van der Waals surface area contributed by atoms with Crippen molar-refractivity contribution >= 4 is 12.0 Å². The van der Waals surface area contributed by atoms with Gasteiger partial charge in [0.05, 0.1) is 0 Å². The van der Waals surface area contributed by atoms with Crippen molar-refractivity contribution in [3.63, 3.8) is 0 Å². The molecule has 1 heterocycles. The van der Waals surface area contributed by atoms with Crippen LogP contribution in [0.1, 0.15) is 12.8 Å². The van der Waals surface area contributed by atoms with E-state index in [9.17, 15) is 9.59 Å². The Balaban J connectivity index is 0.000000171. The van der Waals surface area contributed by atoms with Gasteiger partial charge in [0.2, 0.25) is 5.91 Å². The van der Waals surface area contributed by atoms with Crippen molar-refractivity contribution in [1.29, 1.82) is 0 Å². The van der Waals surface area contributed by atoms with E-state index in [0.717, 1.165) is 4.90 Å². The average molecular weight is 239 g/mol. The van der Waals surface area contributed by atoms with Crippen molar-refractivity contribution < 1.29 is 24.9 Å². The van der Waals surface area contributed by atoms with Crippen LogP contribution in [0.5, 0.6) is 11.5 Å². The highest BCUT2D eigenvalue weighted by Crippen LogP contribution is 2.13. The van der Waals surface area contributed by atoms with Crippen molar-refractivity contribution in [2.45, 2.75) is 12.8 Å². The number of amides is 2. The molecular weight excluding hydrogens is 226 g/mol. The van der Waals surface area contributed by atoms with Gasteiger partial charge in [0, 0.05) is 13.0 Å². The number of aromatic hydroxyl groups is 2. The van der Waals surface area contributed by atoms with E-state index >= 15 is 0 Å². The summed E-state index contributed by atoms with van der Waals surface area (Å²) in [5.41, 5.74) is 0. The zero-order chi connectivity index (χ0) is 12.8. The summed E-state index contributed by atoms with van der Waals surface area (Å²) >= 11 is 0. The second-order valence-electron chi connectivity index (χ2n) is 3.45. The van der Waals surface area contributed by atoms with Crippen LogP contribution in [-0.2, 0) is 4.79 Å². The standard InChI is InChI=1S/C6H6O2.C5H7NO3/c7-5-1-2-6(8)4-3-5;7-4-2-1-3-6(4)5(8)9/h1-4,7-8H;1-3H2,(H,8,9). The molecule has 0 aliphatic carbocycles. The van der Waals surface area contributed by atoms with E-state index in [0.29, 0.717) is 19.4 Å². The van der Waals surface area contributed by atoms with E-state index in [-0.39, 0.29) is 17.4 Å². The Bertz CT molecular complexity index is 380. The molecule has 2 amide bonds. The minimum absolute atomic E-state index is 0.169. The highest BCUT2D eigenvalue weighted by Gasteiger charge is 2.25. The average Bonchev–Trinajstić information content (AvgIpc) is 2.70. The molecule has 0 atom stereocenters. The number of likely N-dealkylation sites (tertiary alicyclic amines) is 1. The highest BCUT2D eigenvalue weighted by atomic mass is 16.4. The van der Waals surface area contributed by atoms with Gasteiger partial charge in [-0.15, -0.1) is 0 Å². The number of carbonyl (C=O) groups is 2. The Labute approximate surface area is 97.7 Å². The molecule has 1 aliphatic rings. The van der Waals surface area contributed by atoms with Gasteiger partial charge in [-0.3, -0.25) is 4.79 Å². The lowest BCUT2D eigenvalue weighted by Gasteiger charge is -2.05. The third-order valence-corrected chi connectivity index (χ3v) is 2.15. The Morgan fingerprint density at radius 3 is 1.82 bits per heavy atom. The summed E-state index contributed by atoms with van der Waals surface area (Å²) in [7, 11) is 0. The summed E-state index contributed by atoms with van der Waals surface area (Å²) in [5, 5.41) is 25.6. The Morgan fingerprint density at radius 1 is 1.12 bits per heavy atom. The first-order valence-electron chi connectivity index (χ1n) is 5.02. The normalized spacial score (nSPS) is 14.1. The summed E-state index contributed by atoms with van der Waals surface area (Å²) in [6, 6.07) is 5.70. The maximum atomic E-state index is 10.6. The summed E-state index contributed by atoms with van der Waals surface area (Å²) in [6.07, 6.45) is -0.0743. The first kappa shape index (κ1) is 12.8. The number of hydrogen-bond acceptors (Lipinski definition) is 4. The zero-order valence-corrected chi connectivity index (χ0v) is 9.04. The second kappa shape index (κ2) is 5.74. The van der Waals surface area contributed by atoms with Gasteiger partial charge >= 0.3 is 6.09 Å². The molecule has 6 heteroatoms. The summed E-state index contributed by atoms with van der Waals surface area (Å²) in [6.45, 7) is 0.369. The lowest BCUT2D eigenvalue weighted by molar-refractivity contribution is -0.125. The lowest BCUT2D eigenvalue weighted by Crippen LogP contribution is -2.29. The molecular formula is C11H13NO5. The van der Waals surface area contributed by atoms with Crippen LogP contribution >= 0.6 is 0 Å². The molecule has 2 rings (SSSR count). The van der Waals surface area contributed by atoms with Gasteiger partial charge in [-0.25, -0.2) is 9.69 Å². The molecule has 0 aromatic heterocycles. The van der Waals surface area contributed by atoms with Crippen LogP contribution in [0.4, 0.5) is 4.79 Å². The van der Waals surface area contributed by atoms with Gasteiger partial charge in [0.1, 0.15) is 11.5 Å². The molecule has 1 aromatic rings. The van der Waals surface area contributed by atoms with Crippen molar-refractivity contribution in [2.24, 2.45) is 0 Å². The minimum Gasteiger partial charge on any atom is -0.508 e. The van der Waals surface area contributed by atoms with E-state index in [4.69, 9.17) is 15.3 Å². The van der Waals surface area contributed by atoms with Crippen LogP contribution in [0.25, 0.3) is 0 Å². The molecule has 0 spiro atoms. The molecule has 1 aromatic carbocycles. The van der Waals surface area contributed by atoms with Gasteiger partial charge in [-0.05, 0) is 30.7 Å². The molecule has 0 radical (unpaired) electrons. The monoisotopic (exact) mass is 239 g/mol. The molecule has 3 N–H and O–H groups in total. The van der Waals surface area contributed by atoms with Crippen LogP contribution in [0.2, 0.25) is 0 Å². The van der Waals surface area contributed by atoms with Gasteiger partial charge in [-0.1, -0.05) is 0 Å². The van der Waals surface area contributed by atoms with Crippen LogP contribution in [-0.4, -0.2) is 38.8 Å². The topological polar surface area (TPSA) is 98.1 Å². The molecule has 1 fully saturated rings. The fourth-order valence-corrected chi connectivity index (χ4v) is 1.30. The largest absolute Gasteiger partial charge is 0.508 e. The van der Waals surface area contributed by atoms with Gasteiger partial charge < -0.3 is 15.3 Å². The summed E-state index contributed by atoms with van der Waals surface area (Å²) < 4.78 is 0. The molecule has 6 nitrogen and oxygen atoms in total. The summed E-state index contributed by atoms with van der Waals surface area (Å²) in [4.78, 5) is 21.5. The predicted octanol–water partition coefficient (Wildman–Crippen LogP) is 1.38. The van der Waals surface area contributed by atoms with E-state index in [1.807, 2.05) is 0 Å². The maximum Gasteiger partial charge on any atom is 0.414 e. The summed E-state index contributed by atoms with van der Waals surface area (Å²) in [5.74, 6) is 0.0631. The fraction of sp³-hybridized carbons (Fsp3) is 0.273. The first-order valence-corrected chi connectivity index (χ1v) is 5.02. The number of benzene rings is 1. The van der Waals surface area contributed by atoms with Crippen LogP contribution < -0.4 is 0 Å². The Kier molecular flexibility index (Phi) is 4.33. The Hall–Kier alpha value is -2.24. The van der Waals surface area contributed by atoms with Gasteiger partial charge in [0.25, 0.3) is 0 Å². The Morgan fingerprint density at radius 2 is 1.59 bits per heavy atom. The van der Waals surface area contributed by atoms with Crippen LogP contribution in [0.15, 0.2) is 24.3 Å². The number of phenols is 2. The van der Waals surface area contributed by atoms with E-state index in [2.05, 4.69) is 0 Å². The third kappa shape index (κ3) is 4.02. The van der Waals surface area contributed by atoms with E-state index in [1.165, 1.54) is 24.3 Å². The van der Waals surface area contributed by atoms with Crippen LogP contribution in [0, 0.1) is 0 Å². The molecule has 1 aliphatic heterocycles. The molecule has 92 valence electrons. The number of carboxylic acid groups (broad SMARTS) is 1. The number of imide groups is 1. The van der Waals surface area contributed by atoms with Crippen molar-refractivity contribution in [3.05, 3.63) is 24.3 Å². The molecule has 0 unspecified atom stereocenters. The van der Waals surface area contributed by atoms with E-state index in [1.54, 1.807) is 0 Å². The predicted molar refractivity (Wildman–Crippen MR) is 58.7 cm³/mol. The quantitative estimate of drug-likeness (QED) is 0.594. The van der Waals surface area contributed by atoms with Crippen molar-refractivity contribution in [1.82, 2.24) is 4.90 Å². The van der Waals surface area contributed by atoms with Gasteiger partial charge in [-0.2, -0.15) is 0 Å². The van der Waals surface area contributed by atoms with Gasteiger partial charge in [0.15, 0.2) is 0 Å². The molecule has 1 saturated heterocycles. The molecule has 17 heavy (non-hydrogen) atoms. The number of hydrogen-bond donors (Lipinski definition) is 3. The van der Waals surface area contributed by atoms with Crippen molar-refractivity contribution in [2.75, 3.05) is 6.54 Å². The smallest absolute Gasteiger partial charge is 0.414 e. The number of phenolic OH excluding ortho intramolecular Hbond substituents is 2. The SMILES string of the molecule is O=C(O)N1CCCC1=O.Oc1ccc(O)cc1. The number of carbonyl (C=O) groups excluding carboxylic acids is 1. The van der Waals surface area contributed by atoms with Crippen LogP contribution in [0.3, 0.4) is 0 Å². The number of nitrogens with zero attached hydrogens (tertiary/aromatic N) is 1. The lowest BCUT2D eigenvalue weighted by atomic mass is 10.3. The second-order valence-corrected chi connectivity index (χ2v) is 3.45.